The van der Waals surface area contributed by atoms with Gasteiger partial charge in [0.05, 0.1) is 17.6 Å². The van der Waals surface area contributed by atoms with Crippen molar-refractivity contribution >= 4 is 23.4 Å². The van der Waals surface area contributed by atoms with Crippen LogP contribution in [0.2, 0.25) is 0 Å². The average Bonchev–Trinajstić information content (AvgIpc) is 3.33. The second kappa shape index (κ2) is 7.48. The Kier molecular flexibility index (Phi) is 4.72. The fourth-order valence-electron chi connectivity index (χ4n) is 3.08. The van der Waals surface area contributed by atoms with Crippen molar-refractivity contribution in [3.8, 4) is 5.69 Å². The van der Waals surface area contributed by atoms with Crippen LogP contribution in [-0.4, -0.2) is 27.5 Å². The van der Waals surface area contributed by atoms with Crippen LogP contribution in [0.25, 0.3) is 5.69 Å². The molecule has 3 amide bonds. The SMILES string of the molecule is O=C(NCc1cnn(-c2ccccc2)c1)c1ccc(N2C(=O)CCC2=O)cc1. The first kappa shape index (κ1) is 17.7. The Bertz CT molecular complexity index is 1010. The maximum Gasteiger partial charge on any atom is 0.251 e. The lowest BCUT2D eigenvalue weighted by Crippen LogP contribution is -2.28. The molecule has 0 aliphatic carbocycles. The van der Waals surface area contributed by atoms with Gasteiger partial charge in [-0.2, -0.15) is 5.10 Å². The van der Waals surface area contributed by atoms with E-state index in [1.165, 1.54) is 4.90 Å². The zero-order valence-corrected chi connectivity index (χ0v) is 15.0. The van der Waals surface area contributed by atoms with E-state index in [9.17, 15) is 14.4 Å². The highest BCUT2D eigenvalue weighted by Gasteiger charge is 2.30. The highest BCUT2D eigenvalue weighted by molar-refractivity contribution is 6.19. The number of nitrogens with one attached hydrogen (secondary N) is 1. The maximum absolute atomic E-state index is 12.4. The van der Waals surface area contributed by atoms with Gasteiger partial charge in [0.15, 0.2) is 0 Å². The topological polar surface area (TPSA) is 84.3 Å². The summed E-state index contributed by atoms with van der Waals surface area (Å²) in [4.78, 5) is 37.1. The number of benzene rings is 2. The Balaban J connectivity index is 1.38. The number of rotatable bonds is 5. The minimum absolute atomic E-state index is 0.211. The third-order valence-electron chi connectivity index (χ3n) is 4.55. The summed E-state index contributed by atoms with van der Waals surface area (Å²) in [6.07, 6.45) is 4.04. The standard InChI is InChI=1S/C21H18N4O3/c26-19-10-11-20(27)25(19)18-8-6-16(7-9-18)21(28)22-12-15-13-23-24(14-15)17-4-2-1-3-5-17/h1-9,13-14H,10-12H2,(H,22,28). The predicted molar refractivity (Wildman–Crippen MR) is 103 cm³/mol. The molecule has 1 aromatic heterocycles. The molecule has 1 N–H and O–H groups in total. The van der Waals surface area contributed by atoms with Gasteiger partial charge in [-0.15, -0.1) is 0 Å². The van der Waals surface area contributed by atoms with E-state index in [0.717, 1.165) is 11.3 Å². The summed E-state index contributed by atoms with van der Waals surface area (Å²) in [7, 11) is 0. The second-order valence-corrected chi connectivity index (χ2v) is 6.48. The molecular formula is C21H18N4O3. The lowest BCUT2D eigenvalue weighted by atomic mass is 10.2. The van der Waals surface area contributed by atoms with Crippen molar-refractivity contribution in [2.24, 2.45) is 0 Å². The van der Waals surface area contributed by atoms with Crippen LogP contribution in [-0.2, 0) is 16.1 Å². The van der Waals surface area contributed by atoms with Gasteiger partial charge in [0.25, 0.3) is 5.91 Å². The van der Waals surface area contributed by atoms with Crippen molar-refractivity contribution in [2.75, 3.05) is 4.90 Å². The molecule has 28 heavy (non-hydrogen) atoms. The molecule has 4 rings (SSSR count). The molecule has 0 spiro atoms. The Morgan fingerprint density at radius 3 is 2.29 bits per heavy atom. The van der Waals surface area contributed by atoms with E-state index >= 15 is 0 Å². The van der Waals surface area contributed by atoms with Crippen LogP contribution >= 0.6 is 0 Å². The molecule has 0 saturated carbocycles. The van der Waals surface area contributed by atoms with E-state index in [4.69, 9.17) is 0 Å². The van der Waals surface area contributed by atoms with Gasteiger partial charge in [-0.05, 0) is 36.4 Å². The van der Waals surface area contributed by atoms with Crippen molar-refractivity contribution in [2.45, 2.75) is 19.4 Å². The molecule has 1 aliphatic heterocycles. The first-order chi connectivity index (χ1) is 13.6. The number of carbonyl (C=O) groups is 3. The van der Waals surface area contributed by atoms with E-state index in [-0.39, 0.29) is 30.6 Å². The third kappa shape index (κ3) is 3.55. The number of carbonyl (C=O) groups excluding carboxylic acids is 3. The van der Waals surface area contributed by atoms with E-state index in [1.807, 2.05) is 36.5 Å². The van der Waals surface area contributed by atoms with Crippen LogP contribution in [0, 0.1) is 0 Å². The van der Waals surface area contributed by atoms with Gasteiger partial charge in [0, 0.05) is 36.7 Å². The van der Waals surface area contributed by atoms with E-state index in [0.29, 0.717) is 17.8 Å². The van der Waals surface area contributed by atoms with Crippen molar-refractivity contribution in [1.82, 2.24) is 15.1 Å². The monoisotopic (exact) mass is 374 g/mol. The van der Waals surface area contributed by atoms with E-state index in [2.05, 4.69) is 10.4 Å². The summed E-state index contributed by atoms with van der Waals surface area (Å²) in [6.45, 7) is 0.344. The summed E-state index contributed by atoms with van der Waals surface area (Å²) in [5, 5.41) is 7.15. The fraction of sp³-hybridized carbons (Fsp3) is 0.143. The minimum Gasteiger partial charge on any atom is -0.348 e. The van der Waals surface area contributed by atoms with Gasteiger partial charge in [-0.25, -0.2) is 4.68 Å². The molecule has 0 radical (unpaired) electrons. The highest BCUT2D eigenvalue weighted by atomic mass is 16.2. The molecule has 0 bridgehead atoms. The van der Waals surface area contributed by atoms with Crippen molar-refractivity contribution in [3.63, 3.8) is 0 Å². The van der Waals surface area contributed by atoms with Crippen molar-refractivity contribution in [1.29, 1.82) is 0 Å². The largest absolute Gasteiger partial charge is 0.348 e. The summed E-state index contributed by atoms with van der Waals surface area (Å²) in [6, 6.07) is 16.2. The molecule has 2 heterocycles. The van der Waals surface area contributed by atoms with Crippen LogP contribution in [0.15, 0.2) is 67.0 Å². The Morgan fingerprint density at radius 1 is 0.929 bits per heavy atom. The third-order valence-corrected chi connectivity index (χ3v) is 4.55. The van der Waals surface area contributed by atoms with Gasteiger partial charge in [0.1, 0.15) is 0 Å². The summed E-state index contributed by atoms with van der Waals surface area (Å²) in [5.41, 5.74) is 2.77. The smallest absolute Gasteiger partial charge is 0.251 e. The molecule has 7 heteroatoms. The molecule has 0 unspecified atom stereocenters. The van der Waals surface area contributed by atoms with E-state index < -0.39 is 0 Å². The molecule has 140 valence electrons. The number of anilines is 1. The van der Waals surface area contributed by atoms with Gasteiger partial charge >= 0.3 is 0 Å². The summed E-state index contributed by atoms with van der Waals surface area (Å²) in [5.74, 6) is -0.659. The molecule has 2 aromatic carbocycles. The number of imide groups is 1. The average molecular weight is 374 g/mol. The van der Waals surface area contributed by atoms with Gasteiger partial charge in [0.2, 0.25) is 11.8 Å². The first-order valence-corrected chi connectivity index (χ1v) is 8.95. The second-order valence-electron chi connectivity index (χ2n) is 6.48. The zero-order chi connectivity index (χ0) is 19.5. The van der Waals surface area contributed by atoms with Crippen LogP contribution in [0.5, 0.6) is 0 Å². The maximum atomic E-state index is 12.4. The van der Waals surface area contributed by atoms with Crippen LogP contribution in [0.4, 0.5) is 5.69 Å². The van der Waals surface area contributed by atoms with E-state index in [1.54, 1.807) is 35.1 Å². The lowest BCUT2D eigenvalue weighted by molar-refractivity contribution is -0.121. The molecule has 0 atom stereocenters. The highest BCUT2D eigenvalue weighted by Crippen LogP contribution is 2.22. The molecule has 1 saturated heterocycles. The Hall–Kier alpha value is -3.74. The quantitative estimate of drug-likeness (QED) is 0.696. The summed E-state index contributed by atoms with van der Waals surface area (Å²) >= 11 is 0. The minimum atomic E-state index is -0.238. The normalized spacial score (nSPS) is 13.8. The fourth-order valence-corrected chi connectivity index (χ4v) is 3.08. The van der Waals surface area contributed by atoms with Gasteiger partial charge in [-0.1, -0.05) is 18.2 Å². The number of aromatic nitrogens is 2. The summed E-state index contributed by atoms with van der Waals surface area (Å²) < 4.78 is 1.75. The zero-order valence-electron chi connectivity index (χ0n) is 15.0. The molecule has 3 aromatic rings. The number of amides is 3. The van der Waals surface area contributed by atoms with Gasteiger partial charge < -0.3 is 5.32 Å². The Morgan fingerprint density at radius 2 is 1.61 bits per heavy atom. The molecule has 1 aliphatic rings. The predicted octanol–water partition coefficient (Wildman–Crippen LogP) is 2.46. The van der Waals surface area contributed by atoms with Crippen LogP contribution in [0.1, 0.15) is 28.8 Å². The number of hydrogen-bond acceptors (Lipinski definition) is 4. The van der Waals surface area contributed by atoms with Crippen molar-refractivity contribution in [3.05, 3.63) is 78.1 Å². The van der Waals surface area contributed by atoms with Crippen LogP contribution in [0.3, 0.4) is 0 Å². The number of para-hydroxylation sites is 1. The Labute approximate surface area is 161 Å². The first-order valence-electron chi connectivity index (χ1n) is 8.95. The molecule has 7 nitrogen and oxygen atoms in total. The molecule has 1 fully saturated rings. The lowest BCUT2D eigenvalue weighted by Gasteiger charge is -2.14. The van der Waals surface area contributed by atoms with Crippen molar-refractivity contribution < 1.29 is 14.4 Å². The van der Waals surface area contributed by atoms with Gasteiger partial charge in [-0.3, -0.25) is 19.3 Å². The number of hydrogen-bond donors (Lipinski definition) is 1. The molecular weight excluding hydrogens is 356 g/mol. The van der Waals surface area contributed by atoms with Crippen LogP contribution < -0.4 is 10.2 Å². The number of nitrogens with zero attached hydrogens (tertiary/aromatic N) is 3.